The molecule has 2 aliphatic heterocycles. The van der Waals surface area contributed by atoms with E-state index in [0.29, 0.717) is 12.1 Å². The van der Waals surface area contributed by atoms with Crippen LogP contribution in [0.3, 0.4) is 0 Å². The molecule has 3 nitrogen and oxygen atoms in total. The molecule has 4 rings (SSSR count). The maximum atomic E-state index is 4.47. The molecule has 2 aliphatic rings. The predicted molar refractivity (Wildman–Crippen MR) is 89.3 cm³/mol. The van der Waals surface area contributed by atoms with E-state index in [1.165, 1.54) is 30.4 Å². The number of aromatic nitrogens is 2. The third-order valence-electron chi connectivity index (χ3n) is 5.09. The molecule has 3 heteroatoms. The van der Waals surface area contributed by atoms with E-state index in [-0.39, 0.29) is 0 Å². The normalized spacial score (nSPS) is 24.9. The van der Waals surface area contributed by atoms with Crippen LogP contribution in [-0.2, 0) is 0 Å². The molecule has 112 valence electrons. The Morgan fingerprint density at radius 1 is 1.05 bits per heavy atom. The molecule has 2 unspecified atom stereocenters. The van der Waals surface area contributed by atoms with Crippen molar-refractivity contribution in [1.82, 2.24) is 14.9 Å². The summed E-state index contributed by atoms with van der Waals surface area (Å²) in [5.41, 5.74) is 5.01. The number of hydrogen-bond donors (Lipinski definition) is 0. The maximum Gasteiger partial charge on any atom is 0.0347 e. The molecule has 0 aliphatic carbocycles. The van der Waals surface area contributed by atoms with Crippen LogP contribution in [0.15, 0.2) is 49.1 Å². The van der Waals surface area contributed by atoms with E-state index in [4.69, 9.17) is 0 Å². The van der Waals surface area contributed by atoms with Crippen molar-refractivity contribution in [2.75, 3.05) is 7.05 Å². The highest BCUT2D eigenvalue weighted by molar-refractivity contribution is 5.72. The monoisotopic (exact) mass is 291 g/mol. The van der Waals surface area contributed by atoms with Crippen LogP contribution in [0.2, 0.25) is 0 Å². The van der Waals surface area contributed by atoms with Gasteiger partial charge in [0.05, 0.1) is 0 Å². The van der Waals surface area contributed by atoms with E-state index < -0.39 is 0 Å². The van der Waals surface area contributed by atoms with Crippen LogP contribution in [0.5, 0.6) is 0 Å². The molecule has 0 aromatic carbocycles. The summed E-state index contributed by atoms with van der Waals surface area (Å²) in [5.74, 6) is 0. The molecular formula is C19H21N3. The van der Waals surface area contributed by atoms with Crippen LogP contribution in [0.25, 0.3) is 16.7 Å². The molecule has 2 aromatic rings. The number of hydrogen-bond acceptors (Lipinski definition) is 3. The van der Waals surface area contributed by atoms with Gasteiger partial charge >= 0.3 is 0 Å². The van der Waals surface area contributed by atoms with Crippen LogP contribution < -0.4 is 0 Å². The quantitative estimate of drug-likeness (QED) is 0.843. The first kappa shape index (κ1) is 13.6. The summed E-state index contributed by atoms with van der Waals surface area (Å²) in [7, 11) is 2.27. The summed E-state index contributed by atoms with van der Waals surface area (Å²) in [5, 5.41) is 0. The molecule has 1 saturated heterocycles. The third-order valence-corrected chi connectivity index (χ3v) is 5.09. The zero-order valence-electron chi connectivity index (χ0n) is 12.9. The van der Waals surface area contributed by atoms with Gasteiger partial charge in [0.15, 0.2) is 0 Å². The Bertz CT molecular complexity index is 693. The fourth-order valence-corrected chi connectivity index (χ4v) is 3.76. The van der Waals surface area contributed by atoms with E-state index in [1.807, 2.05) is 30.9 Å². The number of nitrogens with zero attached hydrogens (tertiary/aromatic N) is 3. The number of rotatable bonds is 2. The molecule has 0 amide bonds. The van der Waals surface area contributed by atoms with Gasteiger partial charge in [-0.15, -0.1) is 0 Å². The zero-order chi connectivity index (χ0) is 14.9. The zero-order valence-corrected chi connectivity index (χ0v) is 12.9. The topological polar surface area (TPSA) is 29.0 Å². The molecule has 2 bridgehead atoms. The average molecular weight is 291 g/mol. The summed E-state index contributed by atoms with van der Waals surface area (Å²) < 4.78 is 0. The second-order valence-electron chi connectivity index (χ2n) is 6.42. The summed E-state index contributed by atoms with van der Waals surface area (Å²) in [4.78, 5) is 11.2. The van der Waals surface area contributed by atoms with Gasteiger partial charge in [0.2, 0.25) is 0 Å². The smallest absolute Gasteiger partial charge is 0.0347 e. The van der Waals surface area contributed by atoms with Gasteiger partial charge < -0.3 is 0 Å². The van der Waals surface area contributed by atoms with E-state index in [2.05, 4.69) is 40.1 Å². The number of piperidine rings is 1. The fraction of sp³-hybridized carbons (Fsp3) is 0.368. The average Bonchev–Trinajstić information content (AvgIpc) is 2.56. The molecule has 2 aromatic heterocycles. The Morgan fingerprint density at radius 3 is 2.73 bits per heavy atom. The van der Waals surface area contributed by atoms with Crippen molar-refractivity contribution in [1.29, 1.82) is 0 Å². The largest absolute Gasteiger partial charge is 0.297 e. The molecule has 0 spiro atoms. The Morgan fingerprint density at radius 2 is 1.91 bits per heavy atom. The van der Waals surface area contributed by atoms with Gasteiger partial charge in [-0.25, -0.2) is 0 Å². The highest BCUT2D eigenvalue weighted by Crippen LogP contribution is 2.36. The predicted octanol–water partition coefficient (Wildman–Crippen LogP) is 3.78. The maximum absolute atomic E-state index is 4.47. The lowest BCUT2D eigenvalue weighted by Crippen LogP contribution is -2.45. The minimum Gasteiger partial charge on any atom is -0.297 e. The molecule has 0 radical (unpaired) electrons. The Labute approximate surface area is 131 Å². The van der Waals surface area contributed by atoms with Gasteiger partial charge in [0.1, 0.15) is 0 Å². The summed E-state index contributed by atoms with van der Waals surface area (Å²) in [6, 6.07) is 7.62. The molecule has 4 heterocycles. The Hall–Kier alpha value is -2.00. The van der Waals surface area contributed by atoms with Crippen LogP contribution in [0.4, 0.5) is 0 Å². The van der Waals surface area contributed by atoms with Gasteiger partial charge in [-0.05, 0) is 49.6 Å². The van der Waals surface area contributed by atoms with E-state index >= 15 is 0 Å². The second kappa shape index (κ2) is 5.65. The van der Waals surface area contributed by atoms with Crippen molar-refractivity contribution in [2.24, 2.45) is 0 Å². The minimum atomic E-state index is 0.601. The summed E-state index contributed by atoms with van der Waals surface area (Å²) >= 11 is 0. The van der Waals surface area contributed by atoms with Gasteiger partial charge in [-0.3, -0.25) is 14.9 Å². The van der Waals surface area contributed by atoms with Crippen LogP contribution in [0, 0.1) is 0 Å². The van der Waals surface area contributed by atoms with Crippen LogP contribution >= 0.6 is 0 Å². The lowest BCUT2D eigenvalue weighted by Gasteiger charge is -2.42. The first-order chi connectivity index (χ1) is 10.8. The molecular weight excluding hydrogens is 270 g/mol. The van der Waals surface area contributed by atoms with Crippen molar-refractivity contribution in [3.8, 4) is 11.1 Å². The van der Waals surface area contributed by atoms with E-state index in [0.717, 1.165) is 17.5 Å². The fourth-order valence-electron chi connectivity index (χ4n) is 3.76. The van der Waals surface area contributed by atoms with Gasteiger partial charge in [0, 0.05) is 48.0 Å². The summed E-state index contributed by atoms with van der Waals surface area (Å²) in [6.45, 7) is 0. The molecule has 22 heavy (non-hydrogen) atoms. The van der Waals surface area contributed by atoms with Gasteiger partial charge in [0.25, 0.3) is 0 Å². The van der Waals surface area contributed by atoms with Crippen molar-refractivity contribution in [3.05, 3.63) is 54.6 Å². The second-order valence-corrected chi connectivity index (χ2v) is 6.42. The SMILES string of the molecule is CN1C2C=C(c3cncc(-c4cccnc4)c3)CC1CCC2. The van der Waals surface area contributed by atoms with Gasteiger partial charge in [-0.1, -0.05) is 18.6 Å². The Kier molecular flexibility index (Phi) is 3.51. The summed E-state index contributed by atoms with van der Waals surface area (Å²) in [6.07, 6.45) is 15.2. The van der Waals surface area contributed by atoms with Crippen molar-refractivity contribution in [2.45, 2.75) is 37.8 Å². The highest BCUT2D eigenvalue weighted by Gasteiger charge is 2.31. The highest BCUT2D eigenvalue weighted by atomic mass is 15.2. The van der Waals surface area contributed by atoms with E-state index in [1.54, 1.807) is 0 Å². The molecule has 2 atom stereocenters. The molecule has 0 saturated carbocycles. The first-order valence-electron chi connectivity index (χ1n) is 8.10. The lowest BCUT2D eigenvalue weighted by molar-refractivity contribution is 0.137. The number of likely N-dealkylation sites (N-methyl/N-ethyl adjacent to an activating group) is 1. The third kappa shape index (κ3) is 2.46. The van der Waals surface area contributed by atoms with E-state index in [9.17, 15) is 0 Å². The van der Waals surface area contributed by atoms with Gasteiger partial charge in [-0.2, -0.15) is 0 Å². The van der Waals surface area contributed by atoms with Crippen molar-refractivity contribution < 1.29 is 0 Å². The number of pyridine rings is 2. The molecule has 0 N–H and O–H groups in total. The molecule has 1 fully saturated rings. The van der Waals surface area contributed by atoms with Crippen LogP contribution in [-0.4, -0.2) is 34.0 Å². The van der Waals surface area contributed by atoms with Crippen molar-refractivity contribution in [3.63, 3.8) is 0 Å². The van der Waals surface area contributed by atoms with Crippen LogP contribution in [0.1, 0.15) is 31.2 Å². The lowest BCUT2D eigenvalue weighted by atomic mass is 9.83. The first-order valence-corrected chi connectivity index (χ1v) is 8.10. The Balaban J connectivity index is 1.69. The minimum absolute atomic E-state index is 0.601. The number of fused-ring (bicyclic) bond motifs is 2. The standard InChI is InChI=1S/C19H21N3/c1-22-18-5-2-6-19(22)10-15(9-18)17-8-16(12-21-13-17)14-4-3-7-20-11-14/h3-4,7-9,11-13,18-19H,2,5-6,10H2,1H3. The van der Waals surface area contributed by atoms with Crippen molar-refractivity contribution >= 4 is 5.57 Å².